The molecule has 0 spiro atoms. The molecule has 3 aliphatic rings. The first-order valence-corrected chi connectivity index (χ1v) is 16.9. The number of carbonyl (C=O) groups is 3. The van der Waals surface area contributed by atoms with Gasteiger partial charge in [-0.1, -0.05) is 81.8 Å². The van der Waals surface area contributed by atoms with Crippen molar-refractivity contribution in [3.05, 3.63) is 117 Å². The minimum absolute atomic E-state index is 0.0488. The van der Waals surface area contributed by atoms with Crippen molar-refractivity contribution in [3.8, 4) is 11.5 Å². The molecule has 250 valence electrons. The number of aromatic carboxylic acids is 1. The maximum Gasteiger partial charge on any atom is 0.335 e. The molecule has 1 N–H and O–H groups in total. The van der Waals surface area contributed by atoms with Crippen molar-refractivity contribution >= 4 is 29.1 Å². The monoisotopic (exact) mass is 667 g/mol. The van der Waals surface area contributed by atoms with Crippen LogP contribution in [-0.4, -0.2) is 34.1 Å². The van der Waals surface area contributed by atoms with Crippen molar-refractivity contribution in [1.29, 1.82) is 0 Å². The molecule has 0 saturated heterocycles. The standard InChI is InChI=1S/C40H42ClNO6/c1-6-47-33-17-27(16-28(41)37(33)48-23-25-12-14-26(15-13-25)38(45)46)34-35-29(18-39(2,3)20-31(35)43)42(22-24-10-8-7-9-11-24)30-19-40(4,5)21-32(44)36(30)34/h7-17,34H,6,18-23H2,1-5H3,(H,45,46). The molecule has 0 amide bonds. The van der Waals surface area contributed by atoms with Crippen LogP contribution in [0.15, 0.2) is 89.3 Å². The summed E-state index contributed by atoms with van der Waals surface area (Å²) in [6.07, 6.45) is 2.18. The number of hydrogen-bond donors (Lipinski definition) is 1. The number of Topliss-reactive ketones (excluding diaryl/α,β-unsaturated/α-hetero) is 2. The van der Waals surface area contributed by atoms with Crippen molar-refractivity contribution < 1.29 is 29.0 Å². The number of hydrogen-bond acceptors (Lipinski definition) is 6. The Bertz CT molecular complexity index is 1780. The molecule has 0 atom stereocenters. The minimum atomic E-state index is -0.998. The van der Waals surface area contributed by atoms with Gasteiger partial charge < -0.3 is 19.5 Å². The summed E-state index contributed by atoms with van der Waals surface area (Å²) in [6.45, 7) is 11.5. The van der Waals surface area contributed by atoms with E-state index in [0.717, 1.165) is 28.1 Å². The maximum absolute atomic E-state index is 14.3. The van der Waals surface area contributed by atoms with Gasteiger partial charge in [0.2, 0.25) is 0 Å². The average molecular weight is 668 g/mol. The Balaban J connectivity index is 1.48. The number of carboxylic acid groups (broad SMARTS) is 1. The lowest BCUT2D eigenvalue weighted by Gasteiger charge is -2.49. The highest BCUT2D eigenvalue weighted by Crippen LogP contribution is 2.56. The third-order valence-corrected chi connectivity index (χ3v) is 9.74. The number of halogens is 1. The molecule has 7 nitrogen and oxygen atoms in total. The van der Waals surface area contributed by atoms with Gasteiger partial charge in [-0.3, -0.25) is 9.59 Å². The Morgan fingerprint density at radius 2 is 1.42 bits per heavy atom. The van der Waals surface area contributed by atoms with E-state index in [1.54, 1.807) is 18.2 Å². The highest BCUT2D eigenvalue weighted by Gasteiger charge is 2.49. The first kappa shape index (κ1) is 33.5. The van der Waals surface area contributed by atoms with Crippen LogP contribution in [0.4, 0.5) is 0 Å². The smallest absolute Gasteiger partial charge is 0.335 e. The van der Waals surface area contributed by atoms with Crippen LogP contribution in [0.25, 0.3) is 0 Å². The number of nitrogens with zero attached hydrogens (tertiary/aromatic N) is 1. The summed E-state index contributed by atoms with van der Waals surface area (Å²) in [7, 11) is 0. The third-order valence-electron chi connectivity index (χ3n) is 9.45. The Morgan fingerprint density at radius 1 is 0.833 bits per heavy atom. The van der Waals surface area contributed by atoms with Gasteiger partial charge in [-0.15, -0.1) is 0 Å². The topological polar surface area (TPSA) is 93.1 Å². The van der Waals surface area contributed by atoms with E-state index in [-0.39, 0.29) is 34.6 Å². The predicted molar refractivity (Wildman–Crippen MR) is 185 cm³/mol. The Kier molecular flexibility index (Phi) is 9.03. The molecule has 0 unspecified atom stereocenters. The molecule has 0 fully saturated rings. The zero-order chi connectivity index (χ0) is 34.4. The number of carbonyl (C=O) groups excluding carboxylic acids is 2. The van der Waals surface area contributed by atoms with E-state index in [1.165, 1.54) is 12.1 Å². The van der Waals surface area contributed by atoms with Gasteiger partial charge in [-0.25, -0.2) is 4.79 Å². The first-order chi connectivity index (χ1) is 22.8. The van der Waals surface area contributed by atoms with E-state index in [9.17, 15) is 19.5 Å². The highest BCUT2D eigenvalue weighted by molar-refractivity contribution is 6.32. The van der Waals surface area contributed by atoms with Gasteiger partial charge in [0, 0.05) is 47.8 Å². The summed E-state index contributed by atoms with van der Waals surface area (Å²) in [5.41, 5.74) is 5.61. The number of rotatable bonds is 9. The number of ketones is 2. The van der Waals surface area contributed by atoms with Crippen LogP contribution in [0.3, 0.4) is 0 Å². The molecule has 0 radical (unpaired) electrons. The van der Waals surface area contributed by atoms with E-state index in [1.807, 2.05) is 31.2 Å². The Morgan fingerprint density at radius 3 is 1.96 bits per heavy atom. The third kappa shape index (κ3) is 6.66. The first-order valence-electron chi connectivity index (χ1n) is 16.5. The van der Waals surface area contributed by atoms with Crippen LogP contribution in [-0.2, 0) is 22.7 Å². The van der Waals surface area contributed by atoms with Gasteiger partial charge >= 0.3 is 5.97 Å². The lowest BCUT2D eigenvalue weighted by atomic mass is 9.63. The minimum Gasteiger partial charge on any atom is -0.490 e. The second kappa shape index (κ2) is 12.9. The molecule has 3 aromatic rings. The van der Waals surface area contributed by atoms with Gasteiger partial charge in [0.05, 0.1) is 17.2 Å². The van der Waals surface area contributed by atoms with Crippen LogP contribution < -0.4 is 9.47 Å². The van der Waals surface area contributed by atoms with Crippen LogP contribution in [0.2, 0.25) is 5.02 Å². The van der Waals surface area contributed by atoms with Crippen molar-refractivity contribution in [3.63, 3.8) is 0 Å². The predicted octanol–water partition coefficient (Wildman–Crippen LogP) is 8.90. The van der Waals surface area contributed by atoms with E-state index in [0.29, 0.717) is 66.5 Å². The fraction of sp³-hybridized carbons (Fsp3) is 0.375. The van der Waals surface area contributed by atoms with Gasteiger partial charge in [0.25, 0.3) is 0 Å². The number of benzene rings is 3. The quantitative estimate of drug-likeness (QED) is 0.244. The molecule has 2 aliphatic carbocycles. The van der Waals surface area contributed by atoms with E-state index in [4.69, 9.17) is 21.1 Å². The van der Waals surface area contributed by atoms with Crippen LogP contribution in [0, 0.1) is 10.8 Å². The maximum atomic E-state index is 14.3. The summed E-state index contributed by atoms with van der Waals surface area (Å²) >= 11 is 6.98. The summed E-state index contributed by atoms with van der Waals surface area (Å²) in [5.74, 6) is -0.710. The Labute approximate surface area is 287 Å². The summed E-state index contributed by atoms with van der Waals surface area (Å²) < 4.78 is 12.3. The fourth-order valence-corrected chi connectivity index (χ4v) is 7.67. The van der Waals surface area contributed by atoms with Crippen LogP contribution >= 0.6 is 11.6 Å². The molecule has 1 heterocycles. The second-order valence-corrected chi connectivity index (χ2v) is 15.1. The average Bonchev–Trinajstić information content (AvgIpc) is 3.01. The molecule has 48 heavy (non-hydrogen) atoms. The molecular weight excluding hydrogens is 626 g/mol. The number of carboxylic acids is 1. The van der Waals surface area contributed by atoms with Gasteiger partial charge in [-0.2, -0.15) is 0 Å². The molecule has 6 rings (SSSR count). The van der Waals surface area contributed by atoms with Crippen LogP contribution in [0.5, 0.6) is 11.5 Å². The van der Waals surface area contributed by atoms with E-state index >= 15 is 0 Å². The summed E-state index contributed by atoms with van der Waals surface area (Å²) in [6, 6.07) is 20.3. The van der Waals surface area contributed by atoms with Crippen molar-refractivity contribution in [1.82, 2.24) is 4.90 Å². The van der Waals surface area contributed by atoms with Crippen molar-refractivity contribution in [2.45, 2.75) is 79.4 Å². The zero-order valence-electron chi connectivity index (χ0n) is 28.2. The SMILES string of the molecule is CCOc1cc(C2C3=C(CC(C)(C)CC3=O)N(Cc3ccccc3)C3=C2C(=O)CC(C)(C)C3)cc(Cl)c1OCc1ccc(C(=O)O)cc1. The van der Waals surface area contributed by atoms with Crippen molar-refractivity contribution in [2.75, 3.05) is 6.61 Å². The van der Waals surface area contributed by atoms with E-state index in [2.05, 4.69) is 44.7 Å². The molecular formula is C40H42ClNO6. The van der Waals surface area contributed by atoms with Crippen molar-refractivity contribution in [2.24, 2.45) is 10.8 Å². The number of ether oxygens (including phenoxy) is 2. The highest BCUT2D eigenvalue weighted by atomic mass is 35.5. The molecule has 1 aliphatic heterocycles. The summed E-state index contributed by atoms with van der Waals surface area (Å²) in [4.78, 5) is 42.1. The lowest BCUT2D eigenvalue weighted by Crippen LogP contribution is -2.44. The summed E-state index contributed by atoms with van der Waals surface area (Å²) in [5, 5.41) is 9.55. The van der Waals surface area contributed by atoms with Gasteiger partial charge in [0.1, 0.15) is 6.61 Å². The number of allylic oxidation sites excluding steroid dienone is 4. The lowest BCUT2D eigenvalue weighted by molar-refractivity contribution is -0.119. The molecule has 8 heteroatoms. The second-order valence-electron chi connectivity index (χ2n) is 14.7. The van der Waals surface area contributed by atoms with Gasteiger partial charge in [0.15, 0.2) is 23.1 Å². The molecule has 0 saturated carbocycles. The molecule has 0 bridgehead atoms. The van der Waals surface area contributed by atoms with Crippen LogP contribution in [0.1, 0.15) is 93.3 Å². The molecule has 0 aromatic heterocycles. The van der Waals surface area contributed by atoms with Gasteiger partial charge in [-0.05, 0) is 71.6 Å². The van der Waals surface area contributed by atoms with E-state index < -0.39 is 11.9 Å². The normalized spacial score (nSPS) is 18.8. The largest absolute Gasteiger partial charge is 0.490 e. The molecule has 3 aromatic carbocycles. The fourth-order valence-electron chi connectivity index (χ4n) is 7.39. The Hall–Kier alpha value is -4.36. The zero-order valence-corrected chi connectivity index (χ0v) is 28.9.